The van der Waals surface area contributed by atoms with Gasteiger partial charge < -0.3 is 20.5 Å². The minimum absolute atomic E-state index is 0.102. The number of amidine groups is 2. The first kappa shape index (κ1) is 24.5. The first-order chi connectivity index (χ1) is 16.2. The molecule has 3 heterocycles. The third kappa shape index (κ3) is 5.41. The summed E-state index contributed by atoms with van der Waals surface area (Å²) >= 11 is 0. The zero-order chi connectivity index (χ0) is 25.6. The van der Waals surface area contributed by atoms with Gasteiger partial charge in [0.25, 0.3) is 6.02 Å². The van der Waals surface area contributed by atoms with E-state index in [4.69, 9.17) is 5.73 Å². The maximum atomic E-state index is 15.0. The summed E-state index contributed by atoms with van der Waals surface area (Å²) < 4.78 is 101. The van der Waals surface area contributed by atoms with Gasteiger partial charge in [-0.15, -0.1) is 0 Å². The van der Waals surface area contributed by atoms with Gasteiger partial charge in [0.2, 0.25) is 0 Å². The van der Waals surface area contributed by atoms with Crippen LogP contribution in [0.2, 0.25) is 0 Å². The van der Waals surface area contributed by atoms with E-state index in [1.807, 2.05) is 0 Å². The average molecular weight is 505 g/mol. The van der Waals surface area contributed by atoms with Crippen LogP contribution in [0.1, 0.15) is 30.2 Å². The van der Waals surface area contributed by atoms with Crippen molar-refractivity contribution in [2.75, 3.05) is 6.61 Å². The van der Waals surface area contributed by atoms with Crippen molar-refractivity contribution in [3.05, 3.63) is 53.1 Å². The van der Waals surface area contributed by atoms with Crippen molar-refractivity contribution in [2.24, 2.45) is 15.7 Å². The lowest BCUT2D eigenvalue weighted by Gasteiger charge is -2.36. The second-order valence-electron chi connectivity index (χ2n) is 8.13. The minimum atomic E-state index is -4.73. The van der Waals surface area contributed by atoms with Gasteiger partial charge in [0.15, 0.2) is 18.5 Å². The fraction of sp³-hybridized carbons (Fsp3) is 0.381. The van der Waals surface area contributed by atoms with Crippen LogP contribution < -0.4 is 15.8 Å². The number of nitrogens with zero attached hydrogens (tertiary/aromatic N) is 3. The Kier molecular flexibility index (Phi) is 6.01. The van der Waals surface area contributed by atoms with Crippen molar-refractivity contribution < 1.29 is 40.2 Å². The number of pyridine rings is 1. The number of fused-ring (bicyclic) bond motifs is 1. The molecule has 7 nitrogen and oxygen atoms in total. The Morgan fingerprint density at radius 1 is 1.20 bits per heavy atom. The first-order valence-electron chi connectivity index (χ1n) is 10.1. The molecule has 2 aliphatic heterocycles. The van der Waals surface area contributed by atoms with Crippen molar-refractivity contribution in [1.82, 2.24) is 10.3 Å². The summed E-state index contributed by atoms with van der Waals surface area (Å²) in [7, 11) is 0. The van der Waals surface area contributed by atoms with Crippen molar-refractivity contribution >= 4 is 17.5 Å². The van der Waals surface area contributed by atoms with Crippen LogP contribution >= 0.6 is 0 Å². The summed E-state index contributed by atoms with van der Waals surface area (Å²) in [5.74, 6) is -0.657. The van der Waals surface area contributed by atoms with Gasteiger partial charge in [0, 0.05) is 18.5 Å². The Morgan fingerprint density at radius 3 is 2.57 bits per heavy atom. The van der Waals surface area contributed by atoms with Crippen molar-refractivity contribution in [2.45, 2.75) is 43.9 Å². The predicted molar refractivity (Wildman–Crippen MR) is 110 cm³/mol. The summed E-state index contributed by atoms with van der Waals surface area (Å²) in [6, 6.07) is 4.39. The van der Waals surface area contributed by atoms with Crippen LogP contribution in [-0.2, 0) is 16.8 Å². The molecule has 2 aliphatic rings. The minimum Gasteiger partial charge on any atom is -0.483 e. The fourth-order valence-electron chi connectivity index (χ4n) is 3.74. The number of hydrogen-bond donors (Lipinski definition) is 2. The molecule has 0 aliphatic carbocycles. The van der Waals surface area contributed by atoms with Crippen LogP contribution in [0.15, 0.2) is 40.4 Å². The molecule has 14 heteroatoms. The Morgan fingerprint density at radius 2 is 1.94 bits per heavy atom. The first-order valence-corrected chi connectivity index (χ1v) is 10.1. The van der Waals surface area contributed by atoms with Gasteiger partial charge in [-0.1, -0.05) is 0 Å². The van der Waals surface area contributed by atoms with Gasteiger partial charge in [0.1, 0.15) is 17.3 Å². The maximum Gasteiger partial charge on any atom is 0.425 e. The summed E-state index contributed by atoms with van der Waals surface area (Å²) in [5, 5.41) is 2.92. The van der Waals surface area contributed by atoms with E-state index >= 15 is 0 Å². The lowest BCUT2D eigenvalue weighted by molar-refractivity contribution is -0.208. The number of nitrogens with one attached hydrogen (secondary N) is 1. The number of ether oxygens (including phenoxy) is 2. The van der Waals surface area contributed by atoms with Crippen LogP contribution in [0.5, 0.6) is 5.75 Å². The second-order valence-corrected chi connectivity index (χ2v) is 8.13. The van der Waals surface area contributed by atoms with E-state index in [-0.39, 0.29) is 35.1 Å². The van der Waals surface area contributed by atoms with E-state index in [2.05, 4.69) is 29.8 Å². The second kappa shape index (κ2) is 8.57. The Bertz CT molecular complexity index is 1180. The third-order valence-electron chi connectivity index (χ3n) is 5.38. The summed E-state index contributed by atoms with van der Waals surface area (Å²) in [6.07, 6.45) is -11.1. The summed E-state index contributed by atoms with van der Waals surface area (Å²) in [6.45, 7) is -0.0322. The predicted octanol–water partition coefficient (Wildman–Crippen LogP) is 4.22. The standard InChI is InChI=1S/C21H18F7N5O2/c1-19(6-16(21(26,27)28)35-18(29)33-19)12-5-15-10(4-13(12)22)7-31-17(32-15)14-3-2-11(8-30-14)34-9-20(23,24)25/h2-5,8,16H,6-7,9H2,1H3,(H2,29,33)(H,31,32)/t16-,19-/m0/s1. The van der Waals surface area contributed by atoms with Crippen molar-refractivity contribution in [3.8, 4) is 5.75 Å². The highest BCUT2D eigenvalue weighted by Crippen LogP contribution is 2.42. The molecule has 0 saturated heterocycles. The molecule has 0 fully saturated rings. The Hall–Kier alpha value is -3.58. The number of halogens is 7. The Labute approximate surface area is 193 Å². The molecule has 3 N–H and O–H groups in total. The van der Waals surface area contributed by atoms with Gasteiger partial charge in [-0.2, -0.15) is 26.3 Å². The van der Waals surface area contributed by atoms with Crippen LogP contribution in [-0.4, -0.2) is 41.9 Å². The zero-order valence-corrected chi connectivity index (χ0v) is 18.0. The quantitative estimate of drug-likeness (QED) is 0.607. The van der Waals surface area contributed by atoms with Crippen LogP contribution in [0.3, 0.4) is 0 Å². The average Bonchev–Trinajstić information content (AvgIpc) is 2.75. The molecule has 0 saturated carbocycles. The number of nitrogens with two attached hydrogens (primary N) is 1. The largest absolute Gasteiger partial charge is 0.483 e. The number of aliphatic imine (C=N–C) groups is 2. The number of benzene rings is 1. The fourth-order valence-corrected chi connectivity index (χ4v) is 3.74. The van der Waals surface area contributed by atoms with Crippen LogP contribution in [0.4, 0.5) is 36.4 Å². The molecule has 188 valence electrons. The smallest absolute Gasteiger partial charge is 0.425 e. The molecule has 0 unspecified atom stereocenters. The van der Waals surface area contributed by atoms with Gasteiger partial charge >= 0.3 is 12.4 Å². The SMILES string of the molecule is C[C@@]1(c2cc3c(cc2F)CNC(c2ccc(OCC(F)(F)F)cn2)=N3)C[C@@H](C(F)(F)F)OC(N)=N1. The van der Waals surface area contributed by atoms with Gasteiger partial charge in [-0.25, -0.2) is 19.4 Å². The number of alkyl halides is 6. The van der Waals surface area contributed by atoms with Gasteiger partial charge in [0.05, 0.1) is 17.4 Å². The molecule has 1 aromatic heterocycles. The highest BCUT2D eigenvalue weighted by atomic mass is 19.4. The van der Waals surface area contributed by atoms with E-state index in [1.165, 1.54) is 25.1 Å². The van der Waals surface area contributed by atoms with Crippen LogP contribution in [0.25, 0.3) is 0 Å². The number of aromatic nitrogens is 1. The molecule has 0 spiro atoms. The van der Waals surface area contributed by atoms with E-state index in [1.54, 1.807) is 0 Å². The third-order valence-corrected chi connectivity index (χ3v) is 5.38. The number of hydrogen-bond acceptors (Lipinski definition) is 7. The van der Waals surface area contributed by atoms with Gasteiger partial charge in [-0.05, 0) is 36.8 Å². The van der Waals surface area contributed by atoms with E-state index < -0.39 is 48.9 Å². The van der Waals surface area contributed by atoms with Crippen molar-refractivity contribution in [1.29, 1.82) is 0 Å². The molecule has 35 heavy (non-hydrogen) atoms. The molecule has 1 aromatic carbocycles. The van der Waals surface area contributed by atoms with E-state index in [0.29, 0.717) is 5.56 Å². The zero-order valence-electron chi connectivity index (χ0n) is 18.0. The van der Waals surface area contributed by atoms with Crippen LogP contribution in [0, 0.1) is 5.82 Å². The number of rotatable bonds is 4. The topological polar surface area (TPSA) is 94.1 Å². The monoisotopic (exact) mass is 505 g/mol. The molecule has 0 amide bonds. The lowest BCUT2D eigenvalue weighted by Crippen LogP contribution is -2.46. The van der Waals surface area contributed by atoms with E-state index in [9.17, 15) is 30.7 Å². The lowest BCUT2D eigenvalue weighted by atomic mass is 9.84. The normalized spacial score (nSPS) is 22.3. The summed E-state index contributed by atoms with van der Waals surface area (Å²) in [4.78, 5) is 12.3. The summed E-state index contributed by atoms with van der Waals surface area (Å²) in [5.41, 5.74) is 4.60. The van der Waals surface area contributed by atoms with E-state index in [0.717, 1.165) is 12.3 Å². The van der Waals surface area contributed by atoms with Crippen molar-refractivity contribution in [3.63, 3.8) is 0 Å². The highest BCUT2D eigenvalue weighted by molar-refractivity contribution is 5.99. The molecule has 0 radical (unpaired) electrons. The molecular weight excluding hydrogens is 487 g/mol. The Balaban J connectivity index is 1.63. The maximum absolute atomic E-state index is 15.0. The molecule has 0 bridgehead atoms. The highest BCUT2D eigenvalue weighted by Gasteiger charge is 2.50. The molecule has 2 aromatic rings. The molecular formula is C21H18F7N5O2. The molecule has 2 atom stereocenters. The van der Waals surface area contributed by atoms with Gasteiger partial charge in [-0.3, -0.25) is 0 Å². The molecule has 4 rings (SSSR count).